The van der Waals surface area contributed by atoms with E-state index in [4.69, 9.17) is 12.2 Å². The van der Waals surface area contributed by atoms with Gasteiger partial charge in [0.1, 0.15) is 0 Å². The fourth-order valence-corrected chi connectivity index (χ4v) is 2.22. The number of halogens is 2. The van der Waals surface area contributed by atoms with Gasteiger partial charge in [-0.05, 0) is 55.4 Å². The summed E-state index contributed by atoms with van der Waals surface area (Å²) < 4.78 is 26.1. The van der Waals surface area contributed by atoms with Crippen molar-refractivity contribution >= 4 is 23.0 Å². The number of hydrogen-bond donors (Lipinski definition) is 2. The van der Waals surface area contributed by atoms with Crippen LogP contribution in [0.15, 0.2) is 42.5 Å². The zero-order chi connectivity index (χ0) is 15.4. The van der Waals surface area contributed by atoms with E-state index in [1.54, 1.807) is 0 Å². The molecule has 0 saturated carbocycles. The van der Waals surface area contributed by atoms with Gasteiger partial charge in [-0.25, -0.2) is 8.78 Å². The van der Waals surface area contributed by atoms with E-state index >= 15 is 0 Å². The molecule has 0 bridgehead atoms. The van der Waals surface area contributed by atoms with Gasteiger partial charge in [0.2, 0.25) is 0 Å². The first-order valence-electron chi connectivity index (χ1n) is 6.55. The van der Waals surface area contributed by atoms with Gasteiger partial charge in [-0.3, -0.25) is 0 Å². The highest BCUT2D eigenvalue weighted by Gasteiger charge is 2.10. The summed E-state index contributed by atoms with van der Waals surface area (Å²) in [5.41, 5.74) is 2.61. The molecule has 0 saturated heterocycles. The third kappa shape index (κ3) is 3.98. The number of rotatable bonds is 3. The van der Waals surface area contributed by atoms with Gasteiger partial charge >= 0.3 is 0 Å². The van der Waals surface area contributed by atoms with E-state index in [-0.39, 0.29) is 6.04 Å². The lowest BCUT2D eigenvalue weighted by Crippen LogP contribution is -2.31. The van der Waals surface area contributed by atoms with Crippen LogP contribution in [0.5, 0.6) is 0 Å². The Morgan fingerprint density at radius 3 is 2.48 bits per heavy atom. The molecule has 21 heavy (non-hydrogen) atoms. The topological polar surface area (TPSA) is 24.1 Å². The minimum atomic E-state index is -0.862. The van der Waals surface area contributed by atoms with Crippen LogP contribution in [0.2, 0.25) is 0 Å². The molecule has 0 amide bonds. The second kappa shape index (κ2) is 6.63. The first-order valence-corrected chi connectivity index (χ1v) is 6.96. The first kappa shape index (κ1) is 15.4. The highest BCUT2D eigenvalue weighted by molar-refractivity contribution is 7.80. The third-order valence-corrected chi connectivity index (χ3v) is 3.40. The lowest BCUT2D eigenvalue weighted by atomic mass is 10.1. The Balaban J connectivity index is 2.02. The van der Waals surface area contributed by atoms with E-state index in [1.165, 1.54) is 12.1 Å². The summed E-state index contributed by atoms with van der Waals surface area (Å²) in [6.45, 7) is 3.81. The highest BCUT2D eigenvalue weighted by atomic mass is 32.1. The Hall–Kier alpha value is -2.01. The second-order valence-electron chi connectivity index (χ2n) is 4.81. The second-order valence-corrected chi connectivity index (χ2v) is 5.22. The maximum atomic E-state index is 13.2. The van der Waals surface area contributed by atoms with E-state index < -0.39 is 11.6 Å². The van der Waals surface area contributed by atoms with Crippen LogP contribution in [0.4, 0.5) is 14.5 Å². The summed E-state index contributed by atoms with van der Waals surface area (Å²) in [6, 6.07) is 11.3. The molecule has 0 fully saturated rings. The Morgan fingerprint density at radius 2 is 1.81 bits per heavy atom. The fraction of sp³-hybridized carbons (Fsp3) is 0.188. The van der Waals surface area contributed by atoms with Crippen LogP contribution in [0, 0.1) is 18.6 Å². The van der Waals surface area contributed by atoms with Gasteiger partial charge in [-0.2, -0.15) is 0 Å². The molecule has 2 aromatic rings. The van der Waals surface area contributed by atoms with Crippen molar-refractivity contribution in [3.8, 4) is 0 Å². The standard InChI is InChI=1S/C16H16F2N2S/c1-10-5-3-4-6-15(10)20-16(21)19-11(2)12-7-8-13(17)14(18)9-12/h3-9,11H,1-2H3,(H2,19,20,21)/t11-/m1/s1. The third-order valence-electron chi connectivity index (χ3n) is 3.18. The molecule has 0 aliphatic carbocycles. The van der Waals surface area contributed by atoms with Gasteiger partial charge in [-0.1, -0.05) is 24.3 Å². The lowest BCUT2D eigenvalue weighted by Gasteiger charge is -2.18. The summed E-state index contributed by atoms with van der Waals surface area (Å²) in [7, 11) is 0. The molecule has 2 nitrogen and oxygen atoms in total. The number of anilines is 1. The van der Waals surface area contributed by atoms with Gasteiger partial charge < -0.3 is 10.6 Å². The van der Waals surface area contributed by atoms with Crippen molar-refractivity contribution in [2.75, 3.05) is 5.32 Å². The Bertz CT molecular complexity index is 658. The van der Waals surface area contributed by atoms with Crippen LogP contribution >= 0.6 is 12.2 Å². The average molecular weight is 306 g/mol. The number of thiocarbonyl (C=S) groups is 1. The average Bonchev–Trinajstić information content (AvgIpc) is 2.44. The quantitative estimate of drug-likeness (QED) is 0.826. The molecule has 0 aliphatic heterocycles. The monoisotopic (exact) mass is 306 g/mol. The van der Waals surface area contributed by atoms with Crippen LogP contribution in [-0.2, 0) is 0 Å². The van der Waals surface area contributed by atoms with Crippen molar-refractivity contribution in [1.82, 2.24) is 5.32 Å². The maximum absolute atomic E-state index is 13.2. The molecule has 2 aromatic carbocycles. The largest absolute Gasteiger partial charge is 0.356 e. The predicted molar refractivity (Wildman–Crippen MR) is 85.3 cm³/mol. The van der Waals surface area contributed by atoms with Crippen molar-refractivity contribution in [3.05, 3.63) is 65.2 Å². The van der Waals surface area contributed by atoms with Crippen molar-refractivity contribution in [2.24, 2.45) is 0 Å². The lowest BCUT2D eigenvalue weighted by molar-refractivity contribution is 0.505. The van der Waals surface area contributed by atoms with Crippen LogP contribution in [0.1, 0.15) is 24.1 Å². The van der Waals surface area contributed by atoms with Crippen LogP contribution in [-0.4, -0.2) is 5.11 Å². The molecule has 0 unspecified atom stereocenters. The van der Waals surface area contributed by atoms with E-state index in [0.717, 1.165) is 17.3 Å². The molecule has 0 aromatic heterocycles. The molecule has 5 heteroatoms. The number of nitrogens with one attached hydrogen (secondary N) is 2. The Morgan fingerprint density at radius 1 is 1.10 bits per heavy atom. The van der Waals surface area contributed by atoms with E-state index in [1.807, 2.05) is 38.1 Å². The number of aryl methyl sites for hydroxylation is 1. The minimum Gasteiger partial charge on any atom is -0.356 e. The van der Waals surface area contributed by atoms with Gasteiger partial charge in [-0.15, -0.1) is 0 Å². The summed E-state index contributed by atoms with van der Waals surface area (Å²) in [6.07, 6.45) is 0. The zero-order valence-corrected chi connectivity index (χ0v) is 12.6. The van der Waals surface area contributed by atoms with Gasteiger partial charge in [0.25, 0.3) is 0 Å². The molecule has 2 N–H and O–H groups in total. The first-order chi connectivity index (χ1) is 9.97. The van der Waals surface area contributed by atoms with Crippen molar-refractivity contribution < 1.29 is 8.78 Å². The van der Waals surface area contributed by atoms with Gasteiger partial charge in [0.05, 0.1) is 6.04 Å². The number of para-hydroxylation sites is 1. The van der Waals surface area contributed by atoms with Crippen molar-refractivity contribution in [3.63, 3.8) is 0 Å². The summed E-state index contributed by atoms with van der Waals surface area (Å²) in [5, 5.41) is 6.57. The molecule has 0 spiro atoms. The number of benzene rings is 2. The van der Waals surface area contributed by atoms with Crippen LogP contribution in [0.25, 0.3) is 0 Å². The predicted octanol–water partition coefficient (Wildman–Crippen LogP) is 4.32. The summed E-state index contributed by atoms with van der Waals surface area (Å²) in [4.78, 5) is 0. The van der Waals surface area contributed by atoms with Gasteiger partial charge in [0.15, 0.2) is 16.7 Å². The maximum Gasteiger partial charge on any atom is 0.171 e. The number of hydrogen-bond acceptors (Lipinski definition) is 1. The minimum absolute atomic E-state index is 0.232. The summed E-state index contributed by atoms with van der Waals surface area (Å²) >= 11 is 5.24. The Labute approximate surface area is 128 Å². The smallest absolute Gasteiger partial charge is 0.171 e. The zero-order valence-electron chi connectivity index (χ0n) is 11.8. The van der Waals surface area contributed by atoms with Crippen molar-refractivity contribution in [1.29, 1.82) is 0 Å². The molecular weight excluding hydrogens is 290 g/mol. The normalized spacial score (nSPS) is 11.8. The molecule has 110 valence electrons. The molecular formula is C16H16F2N2S. The SMILES string of the molecule is Cc1ccccc1NC(=S)N[C@H](C)c1ccc(F)c(F)c1. The van der Waals surface area contributed by atoms with E-state index in [0.29, 0.717) is 10.7 Å². The molecule has 0 aliphatic rings. The summed E-state index contributed by atoms with van der Waals surface area (Å²) in [5.74, 6) is -1.72. The Kier molecular flexibility index (Phi) is 4.85. The van der Waals surface area contributed by atoms with Crippen LogP contribution in [0.3, 0.4) is 0 Å². The molecule has 1 atom stereocenters. The van der Waals surface area contributed by atoms with Gasteiger partial charge in [0, 0.05) is 5.69 Å². The fourth-order valence-electron chi connectivity index (χ4n) is 1.93. The molecule has 2 rings (SSSR count). The highest BCUT2D eigenvalue weighted by Crippen LogP contribution is 2.17. The van der Waals surface area contributed by atoms with Crippen molar-refractivity contribution in [2.45, 2.75) is 19.9 Å². The van der Waals surface area contributed by atoms with E-state index in [9.17, 15) is 8.78 Å². The molecule has 0 heterocycles. The van der Waals surface area contributed by atoms with Crippen LogP contribution < -0.4 is 10.6 Å². The molecule has 0 radical (unpaired) electrons. The van der Waals surface area contributed by atoms with E-state index in [2.05, 4.69) is 10.6 Å².